The molecule has 106 valence electrons. The molecule has 0 aliphatic heterocycles. The number of hydrogen-bond acceptors (Lipinski definition) is 4. The normalized spacial score (nSPS) is 12.2. The highest BCUT2D eigenvalue weighted by Crippen LogP contribution is 2.27. The van der Waals surface area contributed by atoms with Crippen LogP contribution in [0.15, 0.2) is 30.6 Å². The molecule has 0 spiro atoms. The third-order valence-corrected chi connectivity index (χ3v) is 3.44. The average molecular weight is 272 g/mol. The standard InChI is InChI=1S/C15H20N4O/c1-4-19(3)15(20)10(2)18-14-6-5-13(16)12-9-17-8-7-11(12)14/h5-10,18H,4,16H2,1-3H3. The van der Waals surface area contributed by atoms with Crippen LogP contribution in [-0.2, 0) is 4.79 Å². The number of rotatable bonds is 4. The number of aromatic nitrogens is 1. The Labute approximate surface area is 118 Å². The first-order valence-corrected chi connectivity index (χ1v) is 6.68. The van der Waals surface area contributed by atoms with Crippen LogP contribution in [-0.4, -0.2) is 35.4 Å². The number of benzene rings is 1. The molecule has 1 aromatic carbocycles. The van der Waals surface area contributed by atoms with Crippen molar-refractivity contribution in [3.8, 4) is 0 Å². The first kappa shape index (κ1) is 14.1. The number of carbonyl (C=O) groups is 1. The minimum Gasteiger partial charge on any atom is -0.398 e. The monoisotopic (exact) mass is 272 g/mol. The molecule has 5 heteroatoms. The summed E-state index contributed by atoms with van der Waals surface area (Å²) in [5.74, 6) is 0.0616. The van der Waals surface area contributed by atoms with Crippen molar-refractivity contribution in [3.05, 3.63) is 30.6 Å². The molecule has 0 fully saturated rings. The van der Waals surface area contributed by atoms with Gasteiger partial charge in [0.25, 0.3) is 0 Å². The van der Waals surface area contributed by atoms with Gasteiger partial charge in [0.15, 0.2) is 0 Å². The van der Waals surface area contributed by atoms with Crippen molar-refractivity contribution in [2.75, 3.05) is 24.6 Å². The summed E-state index contributed by atoms with van der Waals surface area (Å²) in [7, 11) is 1.80. The van der Waals surface area contributed by atoms with E-state index in [0.29, 0.717) is 12.2 Å². The Morgan fingerprint density at radius 2 is 2.15 bits per heavy atom. The van der Waals surface area contributed by atoms with E-state index >= 15 is 0 Å². The van der Waals surface area contributed by atoms with Gasteiger partial charge in [-0.15, -0.1) is 0 Å². The SMILES string of the molecule is CCN(C)C(=O)C(C)Nc1ccc(N)c2cnccc12. The maximum Gasteiger partial charge on any atom is 0.244 e. The van der Waals surface area contributed by atoms with Crippen molar-refractivity contribution < 1.29 is 4.79 Å². The van der Waals surface area contributed by atoms with Gasteiger partial charge >= 0.3 is 0 Å². The molecule has 3 N–H and O–H groups in total. The lowest BCUT2D eigenvalue weighted by atomic mass is 10.1. The number of anilines is 2. The van der Waals surface area contributed by atoms with Crippen LogP contribution in [0, 0.1) is 0 Å². The van der Waals surface area contributed by atoms with Gasteiger partial charge in [0, 0.05) is 48.1 Å². The summed E-state index contributed by atoms with van der Waals surface area (Å²) < 4.78 is 0. The summed E-state index contributed by atoms with van der Waals surface area (Å²) in [6.07, 6.45) is 3.46. The smallest absolute Gasteiger partial charge is 0.244 e. The topological polar surface area (TPSA) is 71.2 Å². The molecule has 0 saturated heterocycles. The van der Waals surface area contributed by atoms with Crippen molar-refractivity contribution in [1.29, 1.82) is 0 Å². The van der Waals surface area contributed by atoms with Gasteiger partial charge in [-0.1, -0.05) is 0 Å². The van der Waals surface area contributed by atoms with Crippen molar-refractivity contribution >= 4 is 28.1 Å². The Balaban J connectivity index is 2.31. The predicted molar refractivity (Wildman–Crippen MR) is 82.6 cm³/mol. The maximum atomic E-state index is 12.1. The molecule has 1 unspecified atom stereocenters. The van der Waals surface area contributed by atoms with Crippen molar-refractivity contribution in [2.45, 2.75) is 19.9 Å². The number of nitrogens with one attached hydrogen (secondary N) is 1. The van der Waals surface area contributed by atoms with Crippen LogP contribution in [0.2, 0.25) is 0 Å². The second-order valence-corrected chi connectivity index (χ2v) is 4.84. The molecule has 20 heavy (non-hydrogen) atoms. The van der Waals surface area contributed by atoms with E-state index in [2.05, 4.69) is 10.3 Å². The van der Waals surface area contributed by atoms with E-state index < -0.39 is 0 Å². The summed E-state index contributed by atoms with van der Waals surface area (Å²) in [6.45, 7) is 4.50. The van der Waals surface area contributed by atoms with E-state index in [-0.39, 0.29) is 11.9 Å². The maximum absolute atomic E-state index is 12.1. The molecule has 1 amide bonds. The number of pyridine rings is 1. The second-order valence-electron chi connectivity index (χ2n) is 4.84. The summed E-state index contributed by atoms with van der Waals surface area (Å²) in [5.41, 5.74) is 7.52. The molecule has 2 aromatic rings. The van der Waals surface area contributed by atoms with Crippen LogP contribution in [0.4, 0.5) is 11.4 Å². The number of likely N-dealkylation sites (N-methyl/N-ethyl adjacent to an activating group) is 1. The number of carbonyl (C=O) groups excluding carboxylic acids is 1. The Hall–Kier alpha value is -2.30. The zero-order valence-electron chi connectivity index (χ0n) is 12.1. The van der Waals surface area contributed by atoms with Crippen molar-refractivity contribution in [2.24, 2.45) is 0 Å². The number of fused-ring (bicyclic) bond motifs is 1. The third kappa shape index (κ3) is 2.66. The summed E-state index contributed by atoms with van der Waals surface area (Å²) in [4.78, 5) is 17.9. The molecular weight excluding hydrogens is 252 g/mol. The van der Waals surface area contributed by atoms with Crippen LogP contribution in [0.25, 0.3) is 10.8 Å². The number of nitrogen functional groups attached to an aromatic ring is 1. The molecule has 0 bridgehead atoms. The minimum atomic E-state index is -0.292. The van der Waals surface area contributed by atoms with Gasteiger partial charge in [-0.05, 0) is 32.0 Å². The zero-order valence-corrected chi connectivity index (χ0v) is 12.1. The highest BCUT2D eigenvalue weighted by Gasteiger charge is 2.17. The molecule has 0 radical (unpaired) electrons. The molecule has 1 heterocycles. The molecule has 0 aliphatic rings. The number of nitrogens with zero attached hydrogens (tertiary/aromatic N) is 2. The van der Waals surface area contributed by atoms with Crippen molar-refractivity contribution in [3.63, 3.8) is 0 Å². The molecule has 5 nitrogen and oxygen atoms in total. The van der Waals surface area contributed by atoms with Crippen LogP contribution < -0.4 is 11.1 Å². The van der Waals surface area contributed by atoms with E-state index in [4.69, 9.17) is 5.73 Å². The van der Waals surface area contributed by atoms with Gasteiger partial charge in [0.1, 0.15) is 6.04 Å². The Kier molecular flexibility index (Phi) is 4.08. The summed E-state index contributed by atoms with van der Waals surface area (Å²) in [6, 6.07) is 5.33. The van der Waals surface area contributed by atoms with Crippen molar-refractivity contribution in [1.82, 2.24) is 9.88 Å². The van der Waals surface area contributed by atoms with E-state index in [0.717, 1.165) is 16.5 Å². The molecule has 1 aromatic heterocycles. The fraction of sp³-hybridized carbons (Fsp3) is 0.333. The number of hydrogen-bond donors (Lipinski definition) is 2. The van der Waals surface area contributed by atoms with E-state index in [1.54, 1.807) is 24.3 Å². The predicted octanol–water partition coefficient (Wildman–Crippen LogP) is 2.10. The van der Waals surface area contributed by atoms with Gasteiger partial charge in [-0.25, -0.2) is 0 Å². The second kappa shape index (κ2) is 5.77. The molecular formula is C15H20N4O. The Morgan fingerprint density at radius 3 is 2.85 bits per heavy atom. The van der Waals surface area contributed by atoms with Gasteiger partial charge in [-0.3, -0.25) is 9.78 Å². The van der Waals surface area contributed by atoms with Crippen LogP contribution in [0.3, 0.4) is 0 Å². The quantitative estimate of drug-likeness (QED) is 0.836. The summed E-state index contributed by atoms with van der Waals surface area (Å²) in [5, 5.41) is 5.11. The molecule has 0 aliphatic carbocycles. The zero-order chi connectivity index (χ0) is 14.7. The third-order valence-electron chi connectivity index (χ3n) is 3.44. The number of amides is 1. The van der Waals surface area contributed by atoms with Crippen LogP contribution >= 0.6 is 0 Å². The van der Waals surface area contributed by atoms with Crippen LogP contribution in [0.5, 0.6) is 0 Å². The van der Waals surface area contributed by atoms with E-state index in [1.165, 1.54) is 0 Å². The molecule has 2 rings (SSSR count). The largest absolute Gasteiger partial charge is 0.398 e. The lowest BCUT2D eigenvalue weighted by molar-refractivity contribution is -0.130. The first-order chi connectivity index (χ1) is 9.54. The van der Waals surface area contributed by atoms with Gasteiger partial charge < -0.3 is 16.0 Å². The average Bonchev–Trinajstić information content (AvgIpc) is 2.48. The Morgan fingerprint density at radius 1 is 1.40 bits per heavy atom. The van der Waals surface area contributed by atoms with Gasteiger partial charge in [0.05, 0.1) is 0 Å². The van der Waals surface area contributed by atoms with Crippen LogP contribution in [0.1, 0.15) is 13.8 Å². The lowest BCUT2D eigenvalue weighted by Gasteiger charge is -2.22. The highest BCUT2D eigenvalue weighted by atomic mass is 16.2. The Bertz CT molecular complexity index is 626. The summed E-state index contributed by atoms with van der Waals surface area (Å²) >= 11 is 0. The number of nitrogens with two attached hydrogens (primary N) is 1. The lowest BCUT2D eigenvalue weighted by Crippen LogP contribution is -2.38. The molecule has 0 saturated carbocycles. The highest BCUT2D eigenvalue weighted by molar-refractivity contribution is 6.01. The molecule has 1 atom stereocenters. The minimum absolute atomic E-state index is 0.0616. The van der Waals surface area contributed by atoms with E-state index in [9.17, 15) is 4.79 Å². The van der Waals surface area contributed by atoms with Gasteiger partial charge in [-0.2, -0.15) is 0 Å². The van der Waals surface area contributed by atoms with E-state index in [1.807, 2.05) is 32.0 Å². The van der Waals surface area contributed by atoms with Gasteiger partial charge in [0.2, 0.25) is 5.91 Å². The first-order valence-electron chi connectivity index (χ1n) is 6.68. The fourth-order valence-corrected chi connectivity index (χ4v) is 2.12. The fourth-order valence-electron chi connectivity index (χ4n) is 2.12.